The third-order valence-electron chi connectivity index (χ3n) is 5.59. The summed E-state index contributed by atoms with van der Waals surface area (Å²) in [5, 5.41) is 0. The van der Waals surface area contributed by atoms with Crippen molar-refractivity contribution in [2.75, 3.05) is 4.90 Å². The second kappa shape index (κ2) is 4.67. The summed E-state index contributed by atoms with van der Waals surface area (Å²) in [4.78, 5) is 27.5. The van der Waals surface area contributed by atoms with Gasteiger partial charge in [-0.05, 0) is 39.3 Å². The number of anilines is 1. The zero-order valence-electron chi connectivity index (χ0n) is 14.0. The van der Waals surface area contributed by atoms with Gasteiger partial charge < -0.3 is 0 Å². The highest BCUT2D eigenvalue weighted by Gasteiger charge is 2.62. The van der Waals surface area contributed by atoms with Gasteiger partial charge in [-0.15, -0.1) is 0 Å². The Morgan fingerprint density at radius 3 is 2.00 bits per heavy atom. The number of carbonyl (C=O) groups is 2. The van der Waals surface area contributed by atoms with Gasteiger partial charge >= 0.3 is 0 Å². The van der Waals surface area contributed by atoms with E-state index < -0.39 is 0 Å². The molecule has 3 nitrogen and oxygen atoms in total. The van der Waals surface area contributed by atoms with Crippen LogP contribution in [0.3, 0.4) is 0 Å². The highest BCUT2D eigenvalue weighted by atomic mass is 16.2. The van der Waals surface area contributed by atoms with Gasteiger partial charge in [-0.1, -0.05) is 41.0 Å². The highest BCUT2D eigenvalue weighted by Crippen LogP contribution is 2.57. The molecule has 3 heteroatoms. The van der Waals surface area contributed by atoms with Gasteiger partial charge in [-0.2, -0.15) is 0 Å². The first-order chi connectivity index (χ1) is 10.9. The van der Waals surface area contributed by atoms with Crippen molar-refractivity contribution in [3.05, 3.63) is 52.6 Å². The number of amides is 2. The number of aryl methyl sites for hydroxylation is 2. The number of benzene rings is 1. The Hall–Kier alpha value is -2.16. The first-order valence-corrected chi connectivity index (χ1v) is 8.22. The van der Waals surface area contributed by atoms with Crippen molar-refractivity contribution < 1.29 is 9.59 Å². The average Bonchev–Trinajstić information content (AvgIpc) is 3.11. The summed E-state index contributed by atoms with van der Waals surface area (Å²) in [6.07, 6.45) is 4.26. The largest absolute Gasteiger partial charge is 0.274 e. The summed E-state index contributed by atoms with van der Waals surface area (Å²) in [5.41, 5.74) is 5.41. The molecule has 0 radical (unpaired) electrons. The Bertz CT molecular complexity index is 764. The highest BCUT2D eigenvalue weighted by molar-refractivity contribution is 6.23. The van der Waals surface area contributed by atoms with Crippen molar-refractivity contribution in [1.82, 2.24) is 0 Å². The first-order valence-electron chi connectivity index (χ1n) is 8.22. The van der Waals surface area contributed by atoms with Crippen molar-refractivity contribution in [3.63, 3.8) is 0 Å². The molecule has 1 aromatic rings. The van der Waals surface area contributed by atoms with Gasteiger partial charge in [0.05, 0.1) is 17.5 Å². The van der Waals surface area contributed by atoms with Crippen LogP contribution in [0.5, 0.6) is 0 Å². The number of fused-ring (bicyclic) bond motifs is 5. The van der Waals surface area contributed by atoms with E-state index in [2.05, 4.69) is 26.0 Å². The number of nitrogens with zero attached hydrogens (tertiary/aromatic N) is 1. The zero-order chi connectivity index (χ0) is 16.5. The lowest BCUT2D eigenvalue weighted by Gasteiger charge is -2.21. The van der Waals surface area contributed by atoms with Crippen LogP contribution in [0.15, 0.2) is 41.5 Å². The molecule has 1 aliphatic heterocycles. The fourth-order valence-electron chi connectivity index (χ4n) is 4.72. The van der Waals surface area contributed by atoms with E-state index in [1.54, 1.807) is 0 Å². The van der Waals surface area contributed by atoms with Gasteiger partial charge in [0.2, 0.25) is 11.8 Å². The molecular weight excluding hydrogens is 286 g/mol. The van der Waals surface area contributed by atoms with Crippen molar-refractivity contribution in [1.29, 1.82) is 0 Å². The molecule has 1 saturated heterocycles. The van der Waals surface area contributed by atoms with Crippen LogP contribution in [0.25, 0.3) is 0 Å². The summed E-state index contributed by atoms with van der Waals surface area (Å²) in [6.45, 7) is 8.15. The minimum Gasteiger partial charge on any atom is -0.274 e. The maximum atomic E-state index is 13.0. The van der Waals surface area contributed by atoms with Crippen molar-refractivity contribution in [2.24, 2.45) is 23.7 Å². The van der Waals surface area contributed by atoms with Crippen LogP contribution in [0.1, 0.15) is 25.0 Å². The molecule has 2 bridgehead atoms. The SMILES string of the molecule is CC(C)=C1[C@H]2C=C[C@H]1[C@H]1C(=O)N(c3ccc(C)cc3C)C(=O)[C@@H]12. The Morgan fingerprint density at radius 1 is 0.957 bits per heavy atom. The molecule has 0 spiro atoms. The van der Waals surface area contributed by atoms with E-state index in [-0.39, 0.29) is 35.5 Å². The summed E-state index contributed by atoms with van der Waals surface area (Å²) < 4.78 is 0. The maximum absolute atomic E-state index is 13.0. The predicted octanol–water partition coefficient (Wildman–Crippen LogP) is 3.56. The van der Waals surface area contributed by atoms with E-state index in [1.807, 2.05) is 32.0 Å². The van der Waals surface area contributed by atoms with Crippen LogP contribution in [-0.2, 0) is 9.59 Å². The number of hydrogen-bond donors (Lipinski definition) is 0. The van der Waals surface area contributed by atoms with Crippen LogP contribution in [0, 0.1) is 37.5 Å². The standard InChI is InChI=1S/C20H21NO2/c1-10(2)16-13-6-7-14(16)18-17(13)19(22)21(20(18)23)15-8-5-11(3)9-12(15)4/h5-9,13-14,17-18H,1-4H3/t13-,14-,17-,18-/m1/s1. The quantitative estimate of drug-likeness (QED) is 0.587. The third kappa shape index (κ3) is 1.76. The molecule has 0 aromatic heterocycles. The molecule has 0 N–H and O–H groups in total. The molecule has 2 aliphatic carbocycles. The molecule has 2 fully saturated rings. The summed E-state index contributed by atoms with van der Waals surface area (Å²) in [5.74, 6) is -0.235. The van der Waals surface area contributed by atoms with E-state index >= 15 is 0 Å². The maximum Gasteiger partial charge on any atom is 0.238 e. The van der Waals surface area contributed by atoms with Crippen molar-refractivity contribution in [3.8, 4) is 0 Å². The Kier molecular flexibility index (Phi) is 2.93. The molecule has 1 aromatic carbocycles. The van der Waals surface area contributed by atoms with Gasteiger partial charge in [-0.3, -0.25) is 9.59 Å². The van der Waals surface area contributed by atoms with Crippen LogP contribution in [0.4, 0.5) is 5.69 Å². The second-order valence-electron chi connectivity index (χ2n) is 7.25. The minimum absolute atomic E-state index is 0.0254. The number of rotatable bonds is 1. The lowest BCUT2D eigenvalue weighted by molar-refractivity contribution is -0.122. The van der Waals surface area contributed by atoms with E-state index in [9.17, 15) is 9.59 Å². The zero-order valence-corrected chi connectivity index (χ0v) is 14.0. The average molecular weight is 307 g/mol. The molecule has 2 amide bonds. The second-order valence-corrected chi connectivity index (χ2v) is 7.25. The topological polar surface area (TPSA) is 37.4 Å². The van der Waals surface area contributed by atoms with Crippen molar-refractivity contribution in [2.45, 2.75) is 27.7 Å². The van der Waals surface area contributed by atoms with E-state index in [4.69, 9.17) is 0 Å². The van der Waals surface area contributed by atoms with Gasteiger partial charge in [0.25, 0.3) is 0 Å². The Balaban J connectivity index is 1.79. The first kappa shape index (κ1) is 14.4. The molecule has 1 heterocycles. The fraction of sp³-hybridized carbons (Fsp3) is 0.400. The molecule has 0 unspecified atom stereocenters. The number of hydrogen-bond acceptors (Lipinski definition) is 2. The van der Waals surface area contributed by atoms with Gasteiger partial charge in [0, 0.05) is 11.8 Å². The van der Waals surface area contributed by atoms with Gasteiger partial charge in [0.1, 0.15) is 0 Å². The van der Waals surface area contributed by atoms with Gasteiger partial charge in [0.15, 0.2) is 0 Å². The minimum atomic E-state index is -0.205. The van der Waals surface area contributed by atoms with E-state index in [0.717, 1.165) is 16.8 Å². The summed E-state index contributed by atoms with van der Waals surface area (Å²) in [6, 6.07) is 5.89. The number of allylic oxidation sites excluding steroid dienone is 4. The summed E-state index contributed by atoms with van der Waals surface area (Å²) in [7, 11) is 0. The van der Waals surface area contributed by atoms with E-state index in [0.29, 0.717) is 0 Å². The Morgan fingerprint density at radius 2 is 1.52 bits per heavy atom. The van der Waals surface area contributed by atoms with Crippen LogP contribution in [-0.4, -0.2) is 11.8 Å². The monoisotopic (exact) mass is 307 g/mol. The predicted molar refractivity (Wildman–Crippen MR) is 89.9 cm³/mol. The molecule has 23 heavy (non-hydrogen) atoms. The lowest BCUT2D eigenvalue weighted by atomic mass is 9.85. The smallest absolute Gasteiger partial charge is 0.238 e. The van der Waals surface area contributed by atoms with Crippen LogP contribution >= 0.6 is 0 Å². The Labute approximate surface area is 136 Å². The normalized spacial score (nSPS) is 31.3. The molecule has 3 aliphatic rings. The molecule has 4 rings (SSSR count). The van der Waals surface area contributed by atoms with E-state index in [1.165, 1.54) is 16.0 Å². The third-order valence-corrected chi connectivity index (χ3v) is 5.59. The molecule has 1 saturated carbocycles. The fourth-order valence-corrected chi connectivity index (χ4v) is 4.72. The number of imide groups is 1. The van der Waals surface area contributed by atoms with Crippen molar-refractivity contribution >= 4 is 17.5 Å². The lowest BCUT2D eigenvalue weighted by Crippen LogP contribution is -2.33. The molecule has 118 valence electrons. The van der Waals surface area contributed by atoms with Crippen LogP contribution < -0.4 is 4.90 Å². The number of carbonyl (C=O) groups excluding carboxylic acids is 2. The van der Waals surface area contributed by atoms with Crippen LogP contribution in [0.2, 0.25) is 0 Å². The summed E-state index contributed by atoms with van der Waals surface area (Å²) >= 11 is 0. The molecular formula is C20H21NO2. The van der Waals surface area contributed by atoms with Gasteiger partial charge in [-0.25, -0.2) is 4.90 Å². The molecule has 4 atom stereocenters.